The Morgan fingerprint density at radius 1 is 0.750 bits per heavy atom. The van der Waals surface area contributed by atoms with Gasteiger partial charge in [-0.15, -0.1) is 0 Å². The molecule has 90 valence electrons. The van der Waals surface area contributed by atoms with E-state index in [0.717, 1.165) is 0 Å². The van der Waals surface area contributed by atoms with Crippen LogP contribution in [-0.2, 0) is 18.9 Å². The van der Waals surface area contributed by atoms with E-state index in [0.29, 0.717) is 26.4 Å². The molecule has 2 fully saturated rings. The normalized spacial score (nSPS) is 39.9. The molecule has 3 rings (SSSR count). The molecule has 2 heterocycles. The minimum Gasteiger partial charge on any atom is -0.384 e. The van der Waals surface area contributed by atoms with Gasteiger partial charge in [0.1, 0.15) is 12.2 Å². The van der Waals surface area contributed by atoms with Crippen molar-refractivity contribution in [3.8, 4) is 0 Å². The predicted molar refractivity (Wildman–Crippen MR) is 50.4 cm³/mol. The molecule has 3 aliphatic rings. The Labute approximate surface area is 92.4 Å². The molecule has 2 saturated heterocycles. The molecule has 6 heteroatoms. The van der Waals surface area contributed by atoms with Gasteiger partial charge in [0.05, 0.1) is 26.4 Å². The molecule has 0 saturated carbocycles. The van der Waals surface area contributed by atoms with E-state index in [2.05, 4.69) is 0 Å². The average molecular weight is 230 g/mol. The first-order chi connectivity index (χ1) is 7.69. The van der Waals surface area contributed by atoms with Crippen molar-refractivity contribution in [1.82, 2.24) is 0 Å². The largest absolute Gasteiger partial charge is 0.384 e. The lowest BCUT2D eigenvalue weighted by Crippen LogP contribution is -2.61. The molecular weight excluding hydrogens is 216 g/mol. The quantitative estimate of drug-likeness (QED) is 0.507. The Bertz CT molecular complexity index is 272. The summed E-state index contributed by atoms with van der Waals surface area (Å²) in [7, 11) is 0. The molecule has 0 aromatic carbocycles. The first kappa shape index (κ1) is 10.6. The van der Waals surface area contributed by atoms with Crippen LogP contribution in [0.3, 0.4) is 0 Å². The standard InChI is InChI=1S/C10H14O6/c11-7-8(12)10(15-5-6-16-10)2-1-9(7)13-3-4-14-9/h1-2,7-8,11-12H,3-6H2/t7-,8+. The van der Waals surface area contributed by atoms with Crippen molar-refractivity contribution in [2.75, 3.05) is 26.4 Å². The van der Waals surface area contributed by atoms with Gasteiger partial charge >= 0.3 is 0 Å². The summed E-state index contributed by atoms with van der Waals surface area (Å²) in [5.74, 6) is -2.50. The smallest absolute Gasteiger partial charge is 0.217 e. The van der Waals surface area contributed by atoms with Crippen LogP contribution >= 0.6 is 0 Å². The molecule has 0 unspecified atom stereocenters. The first-order valence-corrected chi connectivity index (χ1v) is 5.31. The Morgan fingerprint density at radius 3 is 1.38 bits per heavy atom. The Kier molecular flexibility index (Phi) is 2.32. The SMILES string of the molecule is O[C@@H]1[C@H](O)C2(C=CC13OCCO3)OCCO2. The summed E-state index contributed by atoms with van der Waals surface area (Å²) in [6.45, 7) is 1.57. The van der Waals surface area contributed by atoms with Crippen LogP contribution in [0.15, 0.2) is 12.2 Å². The van der Waals surface area contributed by atoms with Crippen molar-refractivity contribution in [2.24, 2.45) is 0 Å². The lowest BCUT2D eigenvalue weighted by molar-refractivity contribution is -0.281. The fraction of sp³-hybridized carbons (Fsp3) is 0.800. The van der Waals surface area contributed by atoms with Crippen molar-refractivity contribution in [2.45, 2.75) is 23.8 Å². The molecule has 2 atom stereocenters. The molecule has 0 aromatic heterocycles. The molecule has 1 aliphatic carbocycles. The van der Waals surface area contributed by atoms with E-state index >= 15 is 0 Å². The summed E-state index contributed by atoms with van der Waals surface area (Å²) < 4.78 is 21.3. The van der Waals surface area contributed by atoms with Crippen LogP contribution in [-0.4, -0.2) is 60.4 Å². The molecule has 2 N–H and O–H groups in total. The van der Waals surface area contributed by atoms with Gasteiger partial charge in [0, 0.05) is 0 Å². The number of aliphatic hydroxyl groups is 2. The molecule has 2 spiro atoms. The van der Waals surface area contributed by atoms with Gasteiger partial charge in [-0.25, -0.2) is 0 Å². The zero-order chi connectivity index (χ0) is 11.2. The second kappa shape index (κ2) is 3.49. The lowest BCUT2D eigenvalue weighted by atomic mass is 9.90. The van der Waals surface area contributed by atoms with Gasteiger partial charge in [0.2, 0.25) is 11.6 Å². The minimum absolute atomic E-state index is 0.392. The highest BCUT2D eigenvalue weighted by molar-refractivity contribution is 5.19. The zero-order valence-corrected chi connectivity index (χ0v) is 8.67. The maximum atomic E-state index is 10.0. The second-order valence-corrected chi connectivity index (χ2v) is 4.06. The highest BCUT2D eigenvalue weighted by Crippen LogP contribution is 2.39. The molecule has 0 amide bonds. The van der Waals surface area contributed by atoms with Gasteiger partial charge in [-0.2, -0.15) is 0 Å². The minimum atomic E-state index is -1.25. The van der Waals surface area contributed by atoms with Gasteiger partial charge in [-0.05, 0) is 12.2 Å². The third-order valence-corrected chi connectivity index (χ3v) is 3.15. The van der Waals surface area contributed by atoms with E-state index in [1.54, 1.807) is 12.2 Å². The van der Waals surface area contributed by atoms with Crippen molar-refractivity contribution >= 4 is 0 Å². The predicted octanol–water partition coefficient (Wildman–Crippen LogP) is -1.24. The van der Waals surface area contributed by atoms with Gasteiger partial charge in [0.15, 0.2) is 0 Å². The summed E-state index contributed by atoms with van der Waals surface area (Å²) in [6.07, 6.45) is 0.669. The summed E-state index contributed by atoms with van der Waals surface area (Å²) in [6, 6.07) is 0. The van der Waals surface area contributed by atoms with Crippen LogP contribution in [0, 0.1) is 0 Å². The van der Waals surface area contributed by atoms with Crippen LogP contribution in [0.4, 0.5) is 0 Å². The van der Waals surface area contributed by atoms with Crippen LogP contribution < -0.4 is 0 Å². The number of hydrogen-bond donors (Lipinski definition) is 2. The third kappa shape index (κ3) is 1.29. The number of hydrogen-bond acceptors (Lipinski definition) is 6. The maximum Gasteiger partial charge on any atom is 0.217 e. The van der Waals surface area contributed by atoms with Crippen molar-refractivity contribution in [1.29, 1.82) is 0 Å². The van der Waals surface area contributed by atoms with Gasteiger partial charge < -0.3 is 29.2 Å². The molecule has 0 radical (unpaired) electrons. The fourth-order valence-corrected chi connectivity index (χ4v) is 2.29. The van der Waals surface area contributed by atoms with E-state index in [4.69, 9.17) is 18.9 Å². The van der Waals surface area contributed by atoms with Gasteiger partial charge in [-0.1, -0.05) is 0 Å². The Hall–Kier alpha value is -0.500. The molecule has 16 heavy (non-hydrogen) atoms. The molecule has 0 bridgehead atoms. The van der Waals surface area contributed by atoms with Crippen molar-refractivity contribution in [3.63, 3.8) is 0 Å². The Morgan fingerprint density at radius 2 is 1.06 bits per heavy atom. The van der Waals surface area contributed by atoms with E-state index in [1.165, 1.54) is 0 Å². The van der Waals surface area contributed by atoms with Gasteiger partial charge in [0.25, 0.3) is 0 Å². The molecule has 6 nitrogen and oxygen atoms in total. The van der Waals surface area contributed by atoms with E-state index in [9.17, 15) is 10.2 Å². The maximum absolute atomic E-state index is 10.0. The highest BCUT2D eigenvalue weighted by atomic mass is 16.8. The molecule has 2 aliphatic heterocycles. The topological polar surface area (TPSA) is 77.4 Å². The summed E-state index contributed by atoms with van der Waals surface area (Å²) in [5, 5.41) is 20.1. The van der Waals surface area contributed by atoms with Crippen LogP contribution in [0.5, 0.6) is 0 Å². The highest BCUT2D eigenvalue weighted by Gasteiger charge is 2.58. The summed E-state index contributed by atoms with van der Waals surface area (Å²) in [5.41, 5.74) is 0. The average Bonchev–Trinajstić information content (AvgIpc) is 2.93. The lowest BCUT2D eigenvalue weighted by Gasteiger charge is -2.42. The Balaban J connectivity index is 1.93. The number of rotatable bonds is 0. The third-order valence-electron chi connectivity index (χ3n) is 3.15. The number of ether oxygens (including phenoxy) is 4. The second-order valence-electron chi connectivity index (χ2n) is 4.06. The zero-order valence-electron chi connectivity index (χ0n) is 8.67. The summed E-state index contributed by atoms with van der Waals surface area (Å²) in [4.78, 5) is 0. The first-order valence-electron chi connectivity index (χ1n) is 5.31. The van der Waals surface area contributed by atoms with E-state index in [1.807, 2.05) is 0 Å². The fourth-order valence-electron chi connectivity index (χ4n) is 2.29. The van der Waals surface area contributed by atoms with E-state index in [-0.39, 0.29) is 0 Å². The van der Waals surface area contributed by atoms with Gasteiger partial charge in [-0.3, -0.25) is 0 Å². The monoisotopic (exact) mass is 230 g/mol. The molecular formula is C10H14O6. The van der Waals surface area contributed by atoms with Crippen LogP contribution in [0.1, 0.15) is 0 Å². The van der Waals surface area contributed by atoms with Crippen molar-refractivity contribution in [3.05, 3.63) is 12.2 Å². The molecule has 0 aromatic rings. The van der Waals surface area contributed by atoms with E-state index < -0.39 is 23.8 Å². The van der Waals surface area contributed by atoms with Crippen LogP contribution in [0.2, 0.25) is 0 Å². The van der Waals surface area contributed by atoms with Crippen LogP contribution in [0.25, 0.3) is 0 Å². The summed E-state index contributed by atoms with van der Waals surface area (Å²) >= 11 is 0. The van der Waals surface area contributed by atoms with Crippen molar-refractivity contribution < 1.29 is 29.2 Å². The number of aliphatic hydroxyl groups excluding tert-OH is 2.